The van der Waals surface area contributed by atoms with Gasteiger partial charge in [0.05, 0.1) is 42.7 Å². The summed E-state index contributed by atoms with van der Waals surface area (Å²) in [5, 5.41) is 0. The molecule has 0 atom stereocenters. The predicted molar refractivity (Wildman–Crippen MR) is 137 cm³/mol. The highest BCUT2D eigenvalue weighted by atomic mass is 32.2. The summed E-state index contributed by atoms with van der Waals surface area (Å²) in [7, 11) is 9.58. The minimum Gasteiger partial charge on any atom is -0.493 e. The van der Waals surface area contributed by atoms with Gasteiger partial charge in [0.2, 0.25) is 11.5 Å². The van der Waals surface area contributed by atoms with E-state index in [0.717, 1.165) is 21.7 Å². The summed E-state index contributed by atoms with van der Waals surface area (Å²) in [5.74, 6) is 3.59. The first kappa shape index (κ1) is 25.0. The molecule has 3 aromatic rings. The molecule has 0 spiro atoms. The summed E-state index contributed by atoms with van der Waals surface area (Å²) in [6.45, 7) is 0. The van der Waals surface area contributed by atoms with Crippen LogP contribution in [0.3, 0.4) is 0 Å². The van der Waals surface area contributed by atoms with Crippen LogP contribution in [-0.2, 0) is 0 Å². The topological polar surface area (TPSA) is 67.4 Å². The van der Waals surface area contributed by atoms with Gasteiger partial charge in [0, 0.05) is 10.6 Å². The van der Waals surface area contributed by atoms with Crippen LogP contribution in [0.15, 0.2) is 53.4 Å². The fourth-order valence-electron chi connectivity index (χ4n) is 3.29. The molecule has 0 amide bonds. The lowest BCUT2D eigenvalue weighted by molar-refractivity contribution is 0.323. The molecule has 3 rings (SSSR count). The molecule has 0 aliphatic rings. The smallest absolute Gasteiger partial charge is 0.203 e. The molecule has 3 aromatic carbocycles. The van der Waals surface area contributed by atoms with E-state index in [-0.39, 0.29) is 0 Å². The van der Waals surface area contributed by atoms with Crippen LogP contribution in [0.4, 0.5) is 5.69 Å². The molecule has 0 saturated heterocycles. The second kappa shape index (κ2) is 12.0. The maximum atomic E-state index is 5.42. The second-order valence-corrected chi connectivity index (χ2v) is 7.86. The van der Waals surface area contributed by atoms with Gasteiger partial charge in [-0.3, -0.25) is 0 Å². The summed E-state index contributed by atoms with van der Waals surface area (Å²) in [5.41, 5.74) is 2.95. The number of methoxy groups -OCH3 is 6. The Bertz CT molecular complexity index is 1080. The van der Waals surface area contributed by atoms with Gasteiger partial charge in [-0.2, -0.15) is 0 Å². The highest BCUT2D eigenvalue weighted by Gasteiger charge is 2.14. The van der Waals surface area contributed by atoms with E-state index in [4.69, 9.17) is 28.4 Å². The van der Waals surface area contributed by atoms with Gasteiger partial charge in [-0.1, -0.05) is 24.3 Å². The Kier molecular flexibility index (Phi) is 8.81. The van der Waals surface area contributed by atoms with E-state index in [0.29, 0.717) is 34.5 Å². The van der Waals surface area contributed by atoms with Crippen molar-refractivity contribution >= 4 is 29.8 Å². The fraction of sp³-hybridized carbons (Fsp3) is 0.231. The Morgan fingerprint density at radius 2 is 1.00 bits per heavy atom. The first-order valence-corrected chi connectivity index (χ1v) is 11.2. The van der Waals surface area contributed by atoms with Gasteiger partial charge in [-0.25, -0.2) is 0 Å². The van der Waals surface area contributed by atoms with E-state index in [1.54, 1.807) is 42.7 Å². The minimum atomic E-state index is 0.567. The lowest BCUT2D eigenvalue weighted by atomic mass is 10.1. The number of anilines is 1. The highest BCUT2D eigenvalue weighted by Crippen LogP contribution is 2.41. The van der Waals surface area contributed by atoms with Gasteiger partial charge in [-0.05, 0) is 59.5 Å². The predicted octanol–water partition coefficient (Wildman–Crippen LogP) is 6.03. The highest BCUT2D eigenvalue weighted by molar-refractivity contribution is 8.00. The largest absolute Gasteiger partial charge is 0.493 e. The van der Waals surface area contributed by atoms with Crippen molar-refractivity contribution in [1.82, 2.24) is 0 Å². The van der Waals surface area contributed by atoms with E-state index in [1.165, 1.54) is 11.9 Å². The first-order valence-electron chi connectivity index (χ1n) is 10.4. The maximum absolute atomic E-state index is 5.42. The second-order valence-electron chi connectivity index (χ2n) is 6.98. The van der Waals surface area contributed by atoms with Crippen molar-refractivity contribution in [2.75, 3.05) is 47.4 Å². The number of nitrogens with one attached hydrogen (secondary N) is 1. The van der Waals surface area contributed by atoms with E-state index >= 15 is 0 Å². The minimum absolute atomic E-state index is 0.567. The normalized spacial score (nSPS) is 10.6. The fourth-order valence-corrected chi connectivity index (χ4v) is 3.99. The molecular weight excluding hydrogens is 454 g/mol. The van der Waals surface area contributed by atoms with Crippen molar-refractivity contribution in [2.24, 2.45) is 0 Å². The van der Waals surface area contributed by atoms with Crippen molar-refractivity contribution < 1.29 is 28.4 Å². The number of hydrogen-bond donors (Lipinski definition) is 1. The van der Waals surface area contributed by atoms with Crippen LogP contribution in [0, 0.1) is 0 Å². The Morgan fingerprint density at radius 1 is 0.559 bits per heavy atom. The van der Waals surface area contributed by atoms with Crippen LogP contribution in [0.25, 0.3) is 12.2 Å². The molecule has 0 bridgehead atoms. The van der Waals surface area contributed by atoms with Gasteiger partial charge in [0.25, 0.3) is 0 Å². The van der Waals surface area contributed by atoms with E-state index in [2.05, 4.69) is 4.72 Å². The first-order chi connectivity index (χ1) is 16.6. The van der Waals surface area contributed by atoms with Gasteiger partial charge in [0.1, 0.15) is 0 Å². The van der Waals surface area contributed by atoms with Crippen molar-refractivity contribution in [3.63, 3.8) is 0 Å². The summed E-state index contributed by atoms with van der Waals surface area (Å²) >= 11 is 1.46. The third-order valence-corrected chi connectivity index (χ3v) is 5.80. The number of benzene rings is 3. The summed E-state index contributed by atoms with van der Waals surface area (Å²) in [6.07, 6.45) is 4.02. The third kappa shape index (κ3) is 5.82. The summed E-state index contributed by atoms with van der Waals surface area (Å²) in [6, 6.07) is 15.7. The van der Waals surface area contributed by atoms with Crippen molar-refractivity contribution in [2.45, 2.75) is 4.90 Å². The third-order valence-electron chi connectivity index (χ3n) is 4.99. The van der Waals surface area contributed by atoms with Gasteiger partial charge < -0.3 is 33.1 Å². The standard InChI is InChI=1S/C26H29NO6S/c1-28-21-13-18(14-22(29-2)25(21)32-5)8-7-17-9-11-19(12-10-17)27-34-20-15-23(30-3)26(33-6)24(16-20)31-4/h7-16,27H,1-6H3/b8-7-. The molecule has 7 nitrogen and oxygen atoms in total. The molecular formula is C26H29NO6S. The molecule has 0 aliphatic heterocycles. The molecule has 0 radical (unpaired) electrons. The Balaban J connectivity index is 1.70. The number of ether oxygens (including phenoxy) is 6. The van der Waals surface area contributed by atoms with Crippen molar-refractivity contribution in [3.8, 4) is 34.5 Å². The zero-order chi connectivity index (χ0) is 24.5. The van der Waals surface area contributed by atoms with Crippen molar-refractivity contribution in [3.05, 3.63) is 59.7 Å². The van der Waals surface area contributed by atoms with Gasteiger partial charge in [0.15, 0.2) is 23.0 Å². The van der Waals surface area contributed by atoms with Gasteiger partial charge in [-0.15, -0.1) is 0 Å². The van der Waals surface area contributed by atoms with E-state index in [1.807, 2.05) is 60.7 Å². The lowest BCUT2D eigenvalue weighted by Gasteiger charge is -2.14. The van der Waals surface area contributed by atoms with Crippen LogP contribution in [-0.4, -0.2) is 42.7 Å². The molecule has 34 heavy (non-hydrogen) atoms. The number of rotatable bonds is 11. The molecule has 8 heteroatoms. The lowest BCUT2D eigenvalue weighted by Crippen LogP contribution is -1.96. The van der Waals surface area contributed by atoms with Crippen LogP contribution < -0.4 is 33.1 Å². The monoisotopic (exact) mass is 483 g/mol. The molecule has 0 heterocycles. The average molecular weight is 484 g/mol. The summed E-state index contributed by atoms with van der Waals surface area (Å²) in [4.78, 5) is 0.931. The quantitative estimate of drug-likeness (QED) is 0.262. The van der Waals surface area contributed by atoms with Crippen LogP contribution >= 0.6 is 11.9 Å². The maximum Gasteiger partial charge on any atom is 0.203 e. The molecule has 0 saturated carbocycles. The van der Waals surface area contributed by atoms with Gasteiger partial charge >= 0.3 is 0 Å². The Morgan fingerprint density at radius 3 is 1.44 bits per heavy atom. The average Bonchev–Trinajstić information content (AvgIpc) is 2.89. The molecule has 0 unspecified atom stereocenters. The van der Waals surface area contributed by atoms with Crippen LogP contribution in [0.1, 0.15) is 11.1 Å². The van der Waals surface area contributed by atoms with Crippen molar-refractivity contribution in [1.29, 1.82) is 0 Å². The van der Waals surface area contributed by atoms with E-state index < -0.39 is 0 Å². The van der Waals surface area contributed by atoms with E-state index in [9.17, 15) is 0 Å². The zero-order valence-electron chi connectivity index (χ0n) is 20.1. The molecule has 180 valence electrons. The Hall–Kier alpha value is -3.65. The molecule has 1 N–H and O–H groups in total. The molecule has 0 aromatic heterocycles. The number of hydrogen-bond acceptors (Lipinski definition) is 8. The SMILES string of the molecule is COc1cc(/C=C\c2ccc(NSc3cc(OC)c(OC)c(OC)c3)cc2)cc(OC)c1OC. The summed E-state index contributed by atoms with van der Waals surface area (Å²) < 4.78 is 35.8. The Labute approximate surface area is 204 Å². The molecule has 0 aliphatic carbocycles. The zero-order valence-corrected chi connectivity index (χ0v) is 20.9. The van der Waals surface area contributed by atoms with Crippen LogP contribution in [0.2, 0.25) is 0 Å². The van der Waals surface area contributed by atoms with Crippen LogP contribution in [0.5, 0.6) is 34.5 Å². The molecule has 0 fully saturated rings.